The molecule has 2 rings (SSSR count). The molecule has 3 unspecified atom stereocenters. The Morgan fingerprint density at radius 3 is 2.26 bits per heavy atom. The fourth-order valence-corrected chi connectivity index (χ4v) is 3.69. The van der Waals surface area contributed by atoms with Crippen LogP contribution < -0.4 is 5.73 Å². The van der Waals surface area contributed by atoms with Gasteiger partial charge in [0.1, 0.15) is 0 Å². The molecule has 0 bridgehead atoms. The monoisotopic (exact) mass is 278 g/mol. The maximum atomic E-state index is 12.7. The Kier molecular flexibility index (Phi) is 4.77. The van der Waals surface area contributed by atoms with Crippen molar-refractivity contribution in [1.82, 2.24) is 4.90 Å². The second-order valence-corrected chi connectivity index (χ2v) is 6.33. The number of piperidine rings is 1. The first kappa shape index (κ1) is 15.1. The summed E-state index contributed by atoms with van der Waals surface area (Å²) in [6.45, 7) is 4.06. The van der Waals surface area contributed by atoms with E-state index >= 15 is 0 Å². The molecule has 0 amide bonds. The van der Waals surface area contributed by atoms with E-state index in [1.54, 1.807) is 0 Å². The summed E-state index contributed by atoms with van der Waals surface area (Å²) in [6, 6.07) is 0.405. The van der Waals surface area contributed by atoms with Crippen LogP contribution in [0.5, 0.6) is 0 Å². The van der Waals surface area contributed by atoms with Crippen LogP contribution in [-0.4, -0.2) is 36.8 Å². The predicted molar refractivity (Wildman–Crippen MR) is 69.7 cm³/mol. The second kappa shape index (κ2) is 6.00. The molecular weight excluding hydrogens is 253 g/mol. The Hall–Kier alpha value is -0.290. The van der Waals surface area contributed by atoms with E-state index in [1.807, 2.05) is 0 Å². The van der Waals surface area contributed by atoms with Gasteiger partial charge in [0.25, 0.3) is 0 Å². The lowest BCUT2D eigenvalue weighted by molar-refractivity contribution is -0.187. The standard InChI is InChI=1S/C14H25F3N2/c1-10-2-3-11(9-18)13(8-10)19-6-4-12(5-7-19)14(15,16)17/h10-13H,2-9,18H2,1H3. The molecule has 112 valence electrons. The molecule has 1 aliphatic carbocycles. The summed E-state index contributed by atoms with van der Waals surface area (Å²) in [5.74, 6) is 0.0490. The second-order valence-electron chi connectivity index (χ2n) is 6.33. The molecule has 2 nitrogen and oxygen atoms in total. The van der Waals surface area contributed by atoms with Crippen LogP contribution in [0.15, 0.2) is 0 Å². The van der Waals surface area contributed by atoms with Crippen LogP contribution in [0.1, 0.15) is 39.0 Å². The highest BCUT2D eigenvalue weighted by Gasteiger charge is 2.43. The Balaban J connectivity index is 1.92. The summed E-state index contributed by atoms with van der Waals surface area (Å²) in [5.41, 5.74) is 5.84. The molecular formula is C14H25F3N2. The van der Waals surface area contributed by atoms with Crippen LogP contribution in [0.4, 0.5) is 13.2 Å². The van der Waals surface area contributed by atoms with Gasteiger partial charge in [0.05, 0.1) is 5.92 Å². The van der Waals surface area contributed by atoms with Crippen LogP contribution in [0, 0.1) is 17.8 Å². The SMILES string of the molecule is CC1CCC(CN)C(N2CCC(C(F)(F)F)CC2)C1. The largest absolute Gasteiger partial charge is 0.391 e. The Labute approximate surface area is 113 Å². The van der Waals surface area contributed by atoms with Crippen molar-refractivity contribution < 1.29 is 13.2 Å². The quantitative estimate of drug-likeness (QED) is 0.841. The molecule has 2 fully saturated rings. The summed E-state index contributed by atoms with van der Waals surface area (Å²) in [5, 5.41) is 0. The van der Waals surface area contributed by atoms with Gasteiger partial charge >= 0.3 is 6.18 Å². The lowest BCUT2D eigenvalue weighted by Gasteiger charge is -2.44. The maximum absolute atomic E-state index is 12.7. The number of hydrogen-bond donors (Lipinski definition) is 1. The summed E-state index contributed by atoms with van der Waals surface area (Å²) >= 11 is 0. The number of nitrogens with two attached hydrogens (primary N) is 1. The van der Waals surface area contributed by atoms with Gasteiger partial charge in [0, 0.05) is 6.04 Å². The van der Waals surface area contributed by atoms with Crippen molar-refractivity contribution in [2.75, 3.05) is 19.6 Å². The van der Waals surface area contributed by atoms with E-state index in [1.165, 1.54) is 6.42 Å². The first-order valence-corrected chi connectivity index (χ1v) is 7.42. The van der Waals surface area contributed by atoms with Gasteiger partial charge in [-0.2, -0.15) is 13.2 Å². The third-order valence-electron chi connectivity index (χ3n) is 4.98. The zero-order valence-corrected chi connectivity index (χ0v) is 11.6. The molecule has 1 aliphatic heterocycles. The minimum absolute atomic E-state index is 0.256. The van der Waals surface area contributed by atoms with Crippen molar-refractivity contribution in [2.24, 2.45) is 23.5 Å². The van der Waals surface area contributed by atoms with Gasteiger partial charge in [-0.05, 0) is 57.2 Å². The van der Waals surface area contributed by atoms with Crippen molar-refractivity contribution in [3.63, 3.8) is 0 Å². The molecule has 0 radical (unpaired) electrons. The first-order chi connectivity index (χ1) is 8.91. The van der Waals surface area contributed by atoms with Crippen molar-refractivity contribution in [1.29, 1.82) is 0 Å². The molecule has 2 aliphatic rings. The van der Waals surface area contributed by atoms with Crippen molar-refractivity contribution in [3.8, 4) is 0 Å². The molecule has 0 spiro atoms. The van der Waals surface area contributed by atoms with Crippen molar-refractivity contribution >= 4 is 0 Å². The Morgan fingerprint density at radius 1 is 1.11 bits per heavy atom. The van der Waals surface area contributed by atoms with Gasteiger partial charge in [-0.15, -0.1) is 0 Å². The third kappa shape index (κ3) is 3.63. The van der Waals surface area contributed by atoms with Crippen LogP contribution in [0.2, 0.25) is 0 Å². The Morgan fingerprint density at radius 2 is 1.74 bits per heavy atom. The highest BCUT2D eigenvalue weighted by molar-refractivity contribution is 4.89. The number of alkyl halides is 3. The fourth-order valence-electron chi connectivity index (χ4n) is 3.69. The number of rotatable bonds is 2. The molecule has 1 saturated carbocycles. The topological polar surface area (TPSA) is 29.3 Å². The van der Waals surface area contributed by atoms with Crippen LogP contribution >= 0.6 is 0 Å². The van der Waals surface area contributed by atoms with E-state index in [-0.39, 0.29) is 12.8 Å². The van der Waals surface area contributed by atoms with E-state index in [9.17, 15) is 13.2 Å². The fraction of sp³-hybridized carbons (Fsp3) is 1.00. The smallest absolute Gasteiger partial charge is 0.330 e. The first-order valence-electron chi connectivity index (χ1n) is 7.42. The average molecular weight is 278 g/mol. The number of hydrogen-bond acceptors (Lipinski definition) is 2. The van der Waals surface area contributed by atoms with Crippen molar-refractivity contribution in [2.45, 2.75) is 51.2 Å². The van der Waals surface area contributed by atoms with Gasteiger partial charge in [-0.3, -0.25) is 0 Å². The van der Waals surface area contributed by atoms with E-state index < -0.39 is 12.1 Å². The van der Waals surface area contributed by atoms with Crippen molar-refractivity contribution in [3.05, 3.63) is 0 Å². The average Bonchev–Trinajstić information content (AvgIpc) is 2.38. The van der Waals surface area contributed by atoms with Gasteiger partial charge in [-0.1, -0.05) is 13.3 Å². The van der Waals surface area contributed by atoms with Gasteiger partial charge in [0.15, 0.2) is 0 Å². The van der Waals surface area contributed by atoms with Gasteiger partial charge in [-0.25, -0.2) is 0 Å². The summed E-state index contributed by atoms with van der Waals surface area (Å²) in [6.07, 6.45) is -0.0754. The zero-order valence-electron chi connectivity index (χ0n) is 11.6. The van der Waals surface area contributed by atoms with E-state index in [2.05, 4.69) is 11.8 Å². The molecule has 3 atom stereocenters. The van der Waals surface area contributed by atoms with E-state index in [0.717, 1.165) is 12.8 Å². The van der Waals surface area contributed by atoms with Gasteiger partial charge in [0.2, 0.25) is 0 Å². The highest BCUT2D eigenvalue weighted by Crippen LogP contribution is 2.38. The highest BCUT2D eigenvalue weighted by atomic mass is 19.4. The third-order valence-corrected chi connectivity index (χ3v) is 4.98. The zero-order chi connectivity index (χ0) is 14.0. The lowest BCUT2D eigenvalue weighted by Crippen LogP contribution is -2.50. The minimum Gasteiger partial charge on any atom is -0.330 e. The minimum atomic E-state index is -4.01. The van der Waals surface area contributed by atoms with Gasteiger partial charge < -0.3 is 10.6 Å². The van der Waals surface area contributed by atoms with Crippen LogP contribution in [-0.2, 0) is 0 Å². The predicted octanol–water partition coefficient (Wildman–Crippen LogP) is 3.02. The van der Waals surface area contributed by atoms with Crippen LogP contribution in [0.25, 0.3) is 0 Å². The Bertz CT molecular complexity index is 285. The van der Waals surface area contributed by atoms with E-state index in [4.69, 9.17) is 5.73 Å². The summed E-state index contributed by atoms with van der Waals surface area (Å²) in [4.78, 5) is 2.27. The molecule has 0 aromatic rings. The molecule has 0 aromatic heterocycles. The normalized spacial score (nSPS) is 35.5. The molecule has 2 N–H and O–H groups in total. The van der Waals surface area contributed by atoms with Crippen LogP contribution in [0.3, 0.4) is 0 Å². The maximum Gasteiger partial charge on any atom is 0.391 e. The molecule has 1 saturated heterocycles. The number of likely N-dealkylation sites (tertiary alicyclic amines) is 1. The molecule has 19 heavy (non-hydrogen) atoms. The summed E-state index contributed by atoms with van der Waals surface area (Å²) in [7, 11) is 0. The lowest BCUT2D eigenvalue weighted by atomic mass is 9.77. The summed E-state index contributed by atoms with van der Waals surface area (Å²) < 4.78 is 38.0. The number of halogens is 3. The number of nitrogens with zero attached hydrogens (tertiary/aromatic N) is 1. The molecule has 1 heterocycles. The van der Waals surface area contributed by atoms with E-state index in [0.29, 0.717) is 37.5 Å². The molecule has 0 aromatic carbocycles. The molecule has 5 heteroatoms.